The molecule has 2 fully saturated rings. The van der Waals surface area contributed by atoms with Gasteiger partial charge in [-0.15, -0.1) is 0 Å². The zero-order valence-corrected chi connectivity index (χ0v) is 17.0. The van der Waals surface area contributed by atoms with Gasteiger partial charge in [-0.3, -0.25) is 9.88 Å². The van der Waals surface area contributed by atoms with E-state index in [0.717, 1.165) is 56.4 Å². The molecule has 0 bridgehead atoms. The van der Waals surface area contributed by atoms with Crippen LogP contribution in [0.25, 0.3) is 0 Å². The van der Waals surface area contributed by atoms with E-state index in [9.17, 15) is 12.8 Å². The molecule has 7 heteroatoms. The van der Waals surface area contributed by atoms with Gasteiger partial charge in [0.1, 0.15) is 5.82 Å². The Bertz CT molecular complexity index is 966. The summed E-state index contributed by atoms with van der Waals surface area (Å²) >= 11 is 0. The lowest BCUT2D eigenvalue weighted by atomic mass is 9.79. The van der Waals surface area contributed by atoms with E-state index < -0.39 is 15.8 Å². The molecule has 2 aliphatic rings. The molecule has 2 aliphatic heterocycles. The number of hydrogen-bond donors (Lipinski definition) is 0. The number of rotatable bonds is 4. The maximum atomic E-state index is 13.5. The number of sulfonamides is 1. The summed E-state index contributed by atoms with van der Waals surface area (Å²) in [4.78, 5) is 7.04. The van der Waals surface area contributed by atoms with E-state index in [0.29, 0.717) is 13.1 Å². The van der Waals surface area contributed by atoms with Gasteiger partial charge < -0.3 is 0 Å². The van der Waals surface area contributed by atoms with Gasteiger partial charge in [-0.05, 0) is 68.5 Å². The van der Waals surface area contributed by atoms with E-state index in [1.807, 2.05) is 25.1 Å². The van der Waals surface area contributed by atoms with Crippen molar-refractivity contribution in [1.29, 1.82) is 0 Å². The van der Waals surface area contributed by atoms with Gasteiger partial charge >= 0.3 is 0 Å². The molecule has 1 atom stereocenters. The number of hydrogen-bond acceptors (Lipinski definition) is 4. The van der Waals surface area contributed by atoms with Gasteiger partial charge in [0.15, 0.2) is 0 Å². The molecule has 0 unspecified atom stereocenters. The molecule has 0 saturated carbocycles. The van der Waals surface area contributed by atoms with Crippen LogP contribution >= 0.6 is 0 Å². The number of aryl methyl sites for hydroxylation is 1. The first-order valence-electron chi connectivity index (χ1n) is 9.77. The fraction of sp³-hybridized carbons (Fsp3) is 0.476. The van der Waals surface area contributed by atoms with Crippen LogP contribution in [0.1, 0.15) is 30.7 Å². The molecule has 2 saturated heterocycles. The third-order valence-electron chi connectivity index (χ3n) is 5.91. The number of likely N-dealkylation sites (tertiary alicyclic amines) is 1. The molecule has 1 spiro atoms. The van der Waals surface area contributed by atoms with E-state index in [4.69, 9.17) is 0 Å². The maximum absolute atomic E-state index is 13.5. The first-order valence-corrected chi connectivity index (χ1v) is 11.2. The Morgan fingerprint density at radius 1 is 1.11 bits per heavy atom. The second-order valence-corrected chi connectivity index (χ2v) is 10.1. The summed E-state index contributed by atoms with van der Waals surface area (Å²) in [5.41, 5.74) is 2.04. The zero-order valence-electron chi connectivity index (χ0n) is 16.1. The fourth-order valence-corrected chi connectivity index (χ4v) is 6.16. The maximum Gasteiger partial charge on any atom is 0.243 e. The number of aromatic nitrogens is 1. The van der Waals surface area contributed by atoms with Crippen molar-refractivity contribution in [2.24, 2.45) is 5.41 Å². The highest BCUT2D eigenvalue weighted by Gasteiger charge is 2.45. The minimum absolute atomic E-state index is 0.0253. The smallest absolute Gasteiger partial charge is 0.243 e. The van der Waals surface area contributed by atoms with E-state index in [1.165, 1.54) is 22.5 Å². The predicted molar refractivity (Wildman–Crippen MR) is 106 cm³/mol. The van der Waals surface area contributed by atoms with Crippen molar-refractivity contribution in [3.05, 3.63) is 59.7 Å². The van der Waals surface area contributed by atoms with Gasteiger partial charge in [0.05, 0.1) is 10.6 Å². The molecule has 1 aromatic heterocycles. The van der Waals surface area contributed by atoms with E-state index in [-0.39, 0.29) is 10.3 Å². The summed E-state index contributed by atoms with van der Waals surface area (Å²) in [6.07, 6.45) is 2.93. The second-order valence-electron chi connectivity index (χ2n) is 8.13. The highest BCUT2D eigenvalue weighted by molar-refractivity contribution is 7.89. The summed E-state index contributed by atoms with van der Waals surface area (Å²) in [7, 11) is -3.66. The lowest BCUT2D eigenvalue weighted by Gasteiger charge is -2.40. The van der Waals surface area contributed by atoms with E-state index in [2.05, 4.69) is 9.88 Å². The number of piperidine rings is 1. The Morgan fingerprint density at radius 2 is 1.93 bits per heavy atom. The lowest BCUT2D eigenvalue weighted by molar-refractivity contribution is 0.0925. The average molecular weight is 404 g/mol. The second kappa shape index (κ2) is 7.54. The zero-order chi connectivity index (χ0) is 19.8. The molecule has 28 heavy (non-hydrogen) atoms. The van der Waals surface area contributed by atoms with Crippen molar-refractivity contribution in [2.75, 3.05) is 26.2 Å². The van der Waals surface area contributed by atoms with Gasteiger partial charge in [-0.2, -0.15) is 4.31 Å². The van der Waals surface area contributed by atoms with E-state index in [1.54, 1.807) is 0 Å². The van der Waals surface area contributed by atoms with Crippen molar-refractivity contribution in [3.8, 4) is 0 Å². The van der Waals surface area contributed by atoms with Gasteiger partial charge in [0.2, 0.25) is 10.0 Å². The lowest BCUT2D eigenvalue weighted by Crippen LogP contribution is -2.45. The highest BCUT2D eigenvalue weighted by atomic mass is 32.2. The van der Waals surface area contributed by atoms with Crippen LogP contribution in [0.5, 0.6) is 0 Å². The first kappa shape index (κ1) is 19.5. The summed E-state index contributed by atoms with van der Waals surface area (Å²) in [5, 5.41) is 0. The van der Waals surface area contributed by atoms with Crippen LogP contribution in [0.3, 0.4) is 0 Å². The van der Waals surface area contributed by atoms with Crippen molar-refractivity contribution in [1.82, 2.24) is 14.2 Å². The van der Waals surface area contributed by atoms with Crippen LogP contribution in [-0.2, 0) is 16.6 Å². The molecule has 3 heterocycles. The highest BCUT2D eigenvalue weighted by Crippen LogP contribution is 2.41. The number of nitrogens with zero attached hydrogens (tertiary/aromatic N) is 3. The molecule has 0 amide bonds. The molecule has 5 nitrogen and oxygen atoms in total. The number of halogens is 1. The standard InChI is InChI=1S/C21H26FN3O2S/c1-17-5-2-7-19(23-17)14-24-11-4-9-21(15-24)10-12-25(16-21)28(26,27)20-8-3-6-18(22)13-20/h2-3,5-8,13H,4,9-12,14-16H2,1H3/t21-/m1/s1. The van der Waals surface area contributed by atoms with Crippen molar-refractivity contribution < 1.29 is 12.8 Å². The minimum Gasteiger partial charge on any atom is -0.297 e. The van der Waals surface area contributed by atoms with Crippen LogP contribution in [0.2, 0.25) is 0 Å². The van der Waals surface area contributed by atoms with E-state index >= 15 is 0 Å². The first-order chi connectivity index (χ1) is 13.4. The van der Waals surface area contributed by atoms with Crippen LogP contribution in [0.4, 0.5) is 4.39 Å². The summed E-state index contributed by atoms with van der Waals surface area (Å²) in [6.45, 7) is 5.66. The van der Waals surface area contributed by atoms with Crippen molar-refractivity contribution >= 4 is 10.0 Å². The molecule has 150 valence electrons. The van der Waals surface area contributed by atoms with Crippen LogP contribution < -0.4 is 0 Å². The number of benzene rings is 1. The molecule has 2 aromatic rings. The molecule has 0 aliphatic carbocycles. The van der Waals surface area contributed by atoms with Gasteiger partial charge in [-0.25, -0.2) is 12.8 Å². The molecule has 0 N–H and O–H groups in total. The third-order valence-corrected chi connectivity index (χ3v) is 7.75. The Balaban J connectivity index is 1.47. The fourth-order valence-electron chi connectivity index (χ4n) is 4.57. The topological polar surface area (TPSA) is 53.5 Å². The quantitative estimate of drug-likeness (QED) is 0.787. The minimum atomic E-state index is -3.66. The molecular formula is C21H26FN3O2S. The molecular weight excluding hydrogens is 377 g/mol. The van der Waals surface area contributed by atoms with Crippen LogP contribution in [0.15, 0.2) is 47.4 Å². The summed E-state index contributed by atoms with van der Waals surface area (Å²) < 4.78 is 41.0. The summed E-state index contributed by atoms with van der Waals surface area (Å²) in [5.74, 6) is -0.524. The Morgan fingerprint density at radius 3 is 2.71 bits per heavy atom. The predicted octanol–water partition coefficient (Wildman–Crippen LogP) is 3.21. The molecule has 1 aromatic carbocycles. The Kier molecular flexibility index (Phi) is 5.24. The van der Waals surface area contributed by atoms with Gasteiger partial charge in [-0.1, -0.05) is 12.1 Å². The SMILES string of the molecule is Cc1cccc(CN2CCC[C@@]3(CCN(S(=O)(=O)c4cccc(F)c4)C3)C2)n1. The Labute approximate surface area is 166 Å². The average Bonchev–Trinajstić information content (AvgIpc) is 3.06. The normalized spacial score (nSPS) is 24.1. The van der Waals surface area contributed by atoms with Gasteiger partial charge in [0, 0.05) is 31.9 Å². The number of pyridine rings is 1. The van der Waals surface area contributed by atoms with Gasteiger partial charge in [0.25, 0.3) is 0 Å². The Hall–Kier alpha value is -1.83. The van der Waals surface area contributed by atoms with Crippen LogP contribution in [-0.4, -0.2) is 48.8 Å². The van der Waals surface area contributed by atoms with Crippen molar-refractivity contribution in [2.45, 2.75) is 37.6 Å². The monoisotopic (exact) mass is 403 g/mol. The summed E-state index contributed by atoms with van der Waals surface area (Å²) in [6, 6.07) is 11.4. The van der Waals surface area contributed by atoms with Crippen LogP contribution in [0, 0.1) is 18.2 Å². The molecule has 4 rings (SSSR count). The largest absolute Gasteiger partial charge is 0.297 e. The van der Waals surface area contributed by atoms with Crippen molar-refractivity contribution in [3.63, 3.8) is 0 Å². The third kappa shape index (κ3) is 3.97. The molecule has 0 radical (unpaired) electrons.